The van der Waals surface area contributed by atoms with Crippen molar-refractivity contribution in [2.45, 2.75) is 13.3 Å². The Morgan fingerprint density at radius 2 is 2.24 bits per heavy atom. The molecule has 1 heterocycles. The molecule has 4 nitrogen and oxygen atoms in total. The van der Waals surface area contributed by atoms with Gasteiger partial charge in [-0.2, -0.15) is 4.98 Å². The summed E-state index contributed by atoms with van der Waals surface area (Å²) in [6.07, 6.45) is 0.740. The average molecular weight is 252 g/mol. The third kappa shape index (κ3) is 2.84. The SMILES string of the molecule is CNCCc1noc(-c2ccc(C)cc2Cl)n1. The summed E-state index contributed by atoms with van der Waals surface area (Å²) in [5.74, 6) is 1.16. The van der Waals surface area contributed by atoms with Crippen LogP contribution in [0.3, 0.4) is 0 Å². The first kappa shape index (κ1) is 12.1. The average Bonchev–Trinajstić information content (AvgIpc) is 2.75. The lowest BCUT2D eigenvalue weighted by molar-refractivity contribution is 0.422. The molecule has 1 aromatic carbocycles. The lowest BCUT2D eigenvalue weighted by Crippen LogP contribution is -2.10. The maximum atomic E-state index is 6.14. The van der Waals surface area contributed by atoms with Gasteiger partial charge in [-0.3, -0.25) is 0 Å². The third-order valence-electron chi connectivity index (χ3n) is 2.42. The summed E-state index contributed by atoms with van der Waals surface area (Å²) in [5, 5.41) is 7.58. The van der Waals surface area contributed by atoms with E-state index in [2.05, 4.69) is 15.5 Å². The van der Waals surface area contributed by atoms with Gasteiger partial charge in [0.1, 0.15) is 0 Å². The lowest BCUT2D eigenvalue weighted by atomic mass is 10.1. The molecule has 0 fully saturated rings. The van der Waals surface area contributed by atoms with E-state index in [1.807, 2.05) is 32.2 Å². The molecular weight excluding hydrogens is 238 g/mol. The van der Waals surface area contributed by atoms with Gasteiger partial charge in [-0.05, 0) is 31.7 Å². The van der Waals surface area contributed by atoms with Crippen molar-refractivity contribution in [1.82, 2.24) is 15.5 Å². The minimum atomic E-state index is 0.473. The van der Waals surface area contributed by atoms with Gasteiger partial charge in [0.15, 0.2) is 5.82 Å². The van der Waals surface area contributed by atoms with Crippen molar-refractivity contribution < 1.29 is 4.52 Å². The van der Waals surface area contributed by atoms with Crippen molar-refractivity contribution in [2.75, 3.05) is 13.6 Å². The number of likely N-dealkylation sites (N-methyl/N-ethyl adjacent to an activating group) is 1. The van der Waals surface area contributed by atoms with E-state index in [0.29, 0.717) is 16.7 Å². The van der Waals surface area contributed by atoms with E-state index in [4.69, 9.17) is 16.1 Å². The van der Waals surface area contributed by atoms with Crippen LogP contribution >= 0.6 is 11.6 Å². The first-order valence-electron chi connectivity index (χ1n) is 5.44. The molecule has 0 radical (unpaired) electrons. The topological polar surface area (TPSA) is 51.0 Å². The fourth-order valence-corrected chi connectivity index (χ4v) is 1.81. The smallest absolute Gasteiger partial charge is 0.259 e. The quantitative estimate of drug-likeness (QED) is 0.907. The monoisotopic (exact) mass is 251 g/mol. The molecule has 0 saturated carbocycles. The summed E-state index contributed by atoms with van der Waals surface area (Å²) in [6, 6.07) is 5.75. The molecule has 2 aromatic rings. The van der Waals surface area contributed by atoms with Crippen molar-refractivity contribution >= 4 is 11.6 Å². The van der Waals surface area contributed by atoms with Crippen LogP contribution in [0.5, 0.6) is 0 Å². The Morgan fingerprint density at radius 1 is 1.41 bits per heavy atom. The highest BCUT2D eigenvalue weighted by Crippen LogP contribution is 2.27. The molecule has 5 heteroatoms. The number of aromatic nitrogens is 2. The van der Waals surface area contributed by atoms with E-state index in [-0.39, 0.29) is 0 Å². The van der Waals surface area contributed by atoms with Crippen molar-refractivity contribution in [3.8, 4) is 11.5 Å². The Kier molecular flexibility index (Phi) is 3.76. The maximum Gasteiger partial charge on any atom is 0.259 e. The molecule has 0 aliphatic heterocycles. The van der Waals surface area contributed by atoms with Crippen LogP contribution in [0.4, 0.5) is 0 Å². The Hall–Kier alpha value is -1.39. The Labute approximate surface area is 105 Å². The number of benzene rings is 1. The van der Waals surface area contributed by atoms with E-state index in [0.717, 1.165) is 24.1 Å². The molecule has 0 aliphatic carbocycles. The molecule has 0 saturated heterocycles. The van der Waals surface area contributed by atoms with E-state index < -0.39 is 0 Å². The zero-order valence-corrected chi connectivity index (χ0v) is 10.6. The van der Waals surface area contributed by atoms with Crippen LogP contribution in [-0.4, -0.2) is 23.7 Å². The molecule has 1 aromatic heterocycles. The second-order valence-electron chi connectivity index (χ2n) is 3.85. The molecule has 2 rings (SSSR count). The third-order valence-corrected chi connectivity index (χ3v) is 2.73. The zero-order valence-electron chi connectivity index (χ0n) is 9.83. The minimum absolute atomic E-state index is 0.473. The van der Waals surface area contributed by atoms with Crippen molar-refractivity contribution in [3.05, 3.63) is 34.6 Å². The first-order chi connectivity index (χ1) is 8.20. The van der Waals surface area contributed by atoms with Gasteiger partial charge >= 0.3 is 0 Å². The summed E-state index contributed by atoms with van der Waals surface area (Å²) < 4.78 is 5.20. The summed E-state index contributed by atoms with van der Waals surface area (Å²) in [7, 11) is 1.89. The van der Waals surface area contributed by atoms with Crippen LogP contribution in [0.15, 0.2) is 22.7 Å². The molecule has 0 atom stereocenters. The zero-order chi connectivity index (χ0) is 12.3. The van der Waals surface area contributed by atoms with Gasteiger partial charge in [0.25, 0.3) is 5.89 Å². The predicted octanol–water partition coefficient (Wildman–Crippen LogP) is 2.46. The molecule has 1 N–H and O–H groups in total. The number of halogens is 1. The molecule has 0 bridgehead atoms. The highest BCUT2D eigenvalue weighted by atomic mass is 35.5. The lowest BCUT2D eigenvalue weighted by Gasteiger charge is -1.99. The second kappa shape index (κ2) is 5.29. The van der Waals surface area contributed by atoms with Gasteiger partial charge in [0, 0.05) is 13.0 Å². The Balaban J connectivity index is 2.24. The van der Waals surface area contributed by atoms with Crippen LogP contribution < -0.4 is 5.32 Å². The molecule has 17 heavy (non-hydrogen) atoms. The summed E-state index contributed by atoms with van der Waals surface area (Å²) in [5.41, 5.74) is 1.88. The molecule has 90 valence electrons. The highest BCUT2D eigenvalue weighted by Gasteiger charge is 2.11. The predicted molar refractivity (Wildman–Crippen MR) is 67.1 cm³/mol. The normalized spacial score (nSPS) is 10.8. The van der Waals surface area contributed by atoms with Gasteiger partial charge < -0.3 is 9.84 Å². The van der Waals surface area contributed by atoms with Gasteiger partial charge in [0.2, 0.25) is 0 Å². The summed E-state index contributed by atoms with van der Waals surface area (Å²) >= 11 is 6.14. The molecule has 0 unspecified atom stereocenters. The van der Waals surface area contributed by atoms with Gasteiger partial charge in [-0.1, -0.05) is 22.8 Å². The Morgan fingerprint density at radius 3 is 2.94 bits per heavy atom. The molecule has 0 amide bonds. The first-order valence-corrected chi connectivity index (χ1v) is 5.82. The summed E-state index contributed by atoms with van der Waals surface area (Å²) in [6.45, 7) is 2.81. The van der Waals surface area contributed by atoms with Crippen LogP contribution in [-0.2, 0) is 6.42 Å². The number of nitrogens with zero attached hydrogens (tertiary/aromatic N) is 2. The molecular formula is C12H14ClN3O. The fourth-order valence-electron chi connectivity index (χ4n) is 1.50. The van der Waals surface area contributed by atoms with Crippen LogP contribution in [0.25, 0.3) is 11.5 Å². The molecule has 0 aliphatic rings. The van der Waals surface area contributed by atoms with Crippen LogP contribution in [0.1, 0.15) is 11.4 Å². The van der Waals surface area contributed by atoms with E-state index in [9.17, 15) is 0 Å². The Bertz CT molecular complexity index is 510. The number of nitrogens with one attached hydrogen (secondary N) is 1. The van der Waals surface area contributed by atoms with Crippen molar-refractivity contribution in [2.24, 2.45) is 0 Å². The summed E-state index contributed by atoms with van der Waals surface area (Å²) in [4.78, 5) is 4.31. The van der Waals surface area contributed by atoms with Crippen LogP contribution in [0, 0.1) is 6.92 Å². The van der Waals surface area contributed by atoms with E-state index >= 15 is 0 Å². The van der Waals surface area contributed by atoms with E-state index in [1.165, 1.54) is 0 Å². The van der Waals surface area contributed by atoms with Crippen LogP contribution in [0.2, 0.25) is 5.02 Å². The number of hydrogen-bond donors (Lipinski definition) is 1. The number of aryl methyl sites for hydroxylation is 1. The highest BCUT2D eigenvalue weighted by molar-refractivity contribution is 6.33. The fraction of sp³-hybridized carbons (Fsp3) is 0.333. The largest absolute Gasteiger partial charge is 0.334 e. The van der Waals surface area contributed by atoms with E-state index in [1.54, 1.807) is 0 Å². The number of rotatable bonds is 4. The molecule has 0 spiro atoms. The maximum absolute atomic E-state index is 6.14. The second-order valence-corrected chi connectivity index (χ2v) is 4.26. The van der Waals surface area contributed by atoms with Gasteiger partial charge in [0.05, 0.1) is 10.6 Å². The number of hydrogen-bond acceptors (Lipinski definition) is 4. The standard InChI is InChI=1S/C12H14ClN3O/c1-8-3-4-9(10(13)7-8)12-15-11(16-17-12)5-6-14-2/h3-4,7,14H,5-6H2,1-2H3. The minimum Gasteiger partial charge on any atom is -0.334 e. The van der Waals surface area contributed by atoms with Crippen molar-refractivity contribution in [1.29, 1.82) is 0 Å². The van der Waals surface area contributed by atoms with Gasteiger partial charge in [-0.15, -0.1) is 0 Å². The van der Waals surface area contributed by atoms with Gasteiger partial charge in [-0.25, -0.2) is 0 Å². The van der Waals surface area contributed by atoms with Crippen molar-refractivity contribution in [3.63, 3.8) is 0 Å².